The van der Waals surface area contributed by atoms with E-state index in [1.54, 1.807) is 12.1 Å². The van der Waals surface area contributed by atoms with E-state index in [1.807, 2.05) is 12.1 Å². The Balaban J connectivity index is 2.51. The third-order valence-electron chi connectivity index (χ3n) is 2.70. The number of rotatable bonds is 3. The molecule has 5 heteroatoms. The van der Waals surface area contributed by atoms with Gasteiger partial charge in [-0.3, -0.25) is 0 Å². The molecule has 19 heavy (non-hydrogen) atoms. The van der Waals surface area contributed by atoms with Gasteiger partial charge in [0.05, 0.1) is 12.5 Å². The fourth-order valence-electron chi connectivity index (χ4n) is 1.78. The minimum absolute atomic E-state index is 0.368. The van der Waals surface area contributed by atoms with E-state index >= 15 is 0 Å². The Hall–Kier alpha value is -0.770. The molecule has 0 amide bonds. The van der Waals surface area contributed by atoms with E-state index in [-0.39, 0.29) is 5.82 Å². The minimum Gasteiger partial charge on any atom is -0.496 e. The second kappa shape index (κ2) is 6.12. The van der Waals surface area contributed by atoms with Gasteiger partial charge >= 0.3 is 0 Å². The molecular formula is C14H10BrCl2FO. The third kappa shape index (κ3) is 3.22. The minimum atomic E-state index is -0.587. The first kappa shape index (κ1) is 14.6. The Labute approximate surface area is 129 Å². The van der Waals surface area contributed by atoms with Crippen molar-refractivity contribution in [3.63, 3.8) is 0 Å². The molecule has 0 fully saturated rings. The Bertz CT molecular complexity index is 604. The lowest BCUT2D eigenvalue weighted by molar-refractivity contribution is 0.409. The number of ether oxygens (including phenoxy) is 1. The molecule has 0 spiro atoms. The average molecular weight is 364 g/mol. The molecule has 2 rings (SSSR count). The molecule has 0 aliphatic rings. The second-order valence-corrected chi connectivity index (χ2v) is 5.67. The molecule has 0 aliphatic heterocycles. The van der Waals surface area contributed by atoms with E-state index in [0.717, 1.165) is 4.47 Å². The zero-order chi connectivity index (χ0) is 14.0. The van der Waals surface area contributed by atoms with Gasteiger partial charge in [-0.1, -0.05) is 27.5 Å². The van der Waals surface area contributed by atoms with Crippen LogP contribution in [0.2, 0.25) is 5.02 Å². The molecule has 0 aromatic heterocycles. The predicted octanol–water partition coefficient (Wildman–Crippen LogP) is 5.58. The van der Waals surface area contributed by atoms with Crippen LogP contribution in [-0.4, -0.2) is 7.11 Å². The first-order valence-electron chi connectivity index (χ1n) is 5.45. The largest absolute Gasteiger partial charge is 0.496 e. The van der Waals surface area contributed by atoms with Crippen molar-refractivity contribution >= 4 is 39.1 Å². The summed E-state index contributed by atoms with van der Waals surface area (Å²) < 4.78 is 19.4. The van der Waals surface area contributed by atoms with Crippen molar-refractivity contribution in [3.05, 3.63) is 62.8 Å². The van der Waals surface area contributed by atoms with Crippen molar-refractivity contribution in [1.29, 1.82) is 0 Å². The monoisotopic (exact) mass is 362 g/mol. The molecule has 2 aromatic rings. The van der Waals surface area contributed by atoms with Crippen molar-refractivity contribution in [2.24, 2.45) is 0 Å². The molecule has 0 bridgehead atoms. The first-order chi connectivity index (χ1) is 9.02. The van der Waals surface area contributed by atoms with Gasteiger partial charge in [0.2, 0.25) is 0 Å². The van der Waals surface area contributed by atoms with Gasteiger partial charge in [-0.25, -0.2) is 4.39 Å². The molecule has 0 radical (unpaired) electrons. The number of hydrogen-bond donors (Lipinski definition) is 0. The van der Waals surface area contributed by atoms with Crippen LogP contribution in [0.5, 0.6) is 5.75 Å². The Morgan fingerprint density at radius 3 is 2.58 bits per heavy atom. The molecule has 1 unspecified atom stereocenters. The summed E-state index contributed by atoms with van der Waals surface area (Å²) in [6.45, 7) is 0. The fourth-order valence-corrected chi connectivity index (χ4v) is 2.79. The molecule has 1 nitrogen and oxygen atoms in total. The highest BCUT2D eigenvalue weighted by Gasteiger charge is 2.19. The summed E-state index contributed by atoms with van der Waals surface area (Å²) in [4.78, 5) is 0. The van der Waals surface area contributed by atoms with Gasteiger partial charge in [0.1, 0.15) is 11.6 Å². The van der Waals surface area contributed by atoms with Crippen LogP contribution in [0.3, 0.4) is 0 Å². The van der Waals surface area contributed by atoms with Crippen molar-refractivity contribution in [2.45, 2.75) is 5.38 Å². The summed E-state index contributed by atoms with van der Waals surface area (Å²) in [6, 6.07) is 9.60. The Morgan fingerprint density at radius 1 is 1.16 bits per heavy atom. The van der Waals surface area contributed by atoms with Crippen LogP contribution in [-0.2, 0) is 0 Å². The van der Waals surface area contributed by atoms with Gasteiger partial charge in [-0.2, -0.15) is 0 Å². The predicted molar refractivity (Wildman–Crippen MR) is 79.8 cm³/mol. The molecule has 0 heterocycles. The SMILES string of the molecule is COc1ccc(F)cc1C(Cl)c1cc(Br)ccc1Cl. The summed E-state index contributed by atoms with van der Waals surface area (Å²) >= 11 is 15.9. The normalized spacial score (nSPS) is 12.3. The highest BCUT2D eigenvalue weighted by Crippen LogP contribution is 2.39. The maximum absolute atomic E-state index is 13.4. The van der Waals surface area contributed by atoms with Gasteiger partial charge in [-0.15, -0.1) is 11.6 Å². The fraction of sp³-hybridized carbons (Fsp3) is 0.143. The third-order valence-corrected chi connectivity index (χ3v) is 4.00. The van der Waals surface area contributed by atoms with E-state index in [0.29, 0.717) is 21.9 Å². The molecule has 0 aliphatic carbocycles. The average Bonchev–Trinajstić information content (AvgIpc) is 2.40. The number of halogens is 4. The number of methoxy groups -OCH3 is 1. The number of alkyl halides is 1. The summed E-state index contributed by atoms with van der Waals surface area (Å²) in [7, 11) is 1.52. The molecule has 0 N–H and O–H groups in total. The maximum Gasteiger partial charge on any atom is 0.124 e. The van der Waals surface area contributed by atoms with Crippen LogP contribution < -0.4 is 4.74 Å². The van der Waals surface area contributed by atoms with Crippen molar-refractivity contribution in [3.8, 4) is 5.75 Å². The molecule has 2 aromatic carbocycles. The Morgan fingerprint density at radius 2 is 1.89 bits per heavy atom. The van der Waals surface area contributed by atoms with Crippen LogP contribution in [0.25, 0.3) is 0 Å². The van der Waals surface area contributed by atoms with Crippen molar-refractivity contribution in [1.82, 2.24) is 0 Å². The van der Waals surface area contributed by atoms with E-state index in [2.05, 4.69) is 15.9 Å². The molecule has 0 saturated carbocycles. The lowest BCUT2D eigenvalue weighted by atomic mass is 10.0. The van der Waals surface area contributed by atoms with Gasteiger partial charge in [-0.05, 0) is 42.0 Å². The van der Waals surface area contributed by atoms with Gasteiger partial charge in [0.15, 0.2) is 0 Å². The highest BCUT2D eigenvalue weighted by molar-refractivity contribution is 9.10. The van der Waals surface area contributed by atoms with Crippen LogP contribution >= 0.6 is 39.1 Å². The second-order valence-electron chi connectivity index (χ2n) is 3.91. The Kier molecular flexibility index (Phi) is 4.71. The number of benzene rings is 2. The summed E-state index contributed by atoms with van der Waals surface area (Å²) in [5.41, 5.74) is 1.24. The van der Waals surface area contributed by atoms with Crippen molar-refractivity contribution < 1.29 is 9.13 Å². The van der Waals surface area contributed by atoms with E-state index in [1.165, 1.54) is 19.2 Å². The molecule has 0 saturated heterocycles. The zero-order valence-electron chi connectivity index (χ0n) is 9.96. The molecular weight excluding hydrogens is 354 g/mol. The zero-order valence-corrected chi connectivity index (χ0v) is 13.1. The first-order valence-corrected chi connectivity index (χ1v) is 7.06. The van der Waals surface area contributed by atoms with Crippen LogP contribution in [0.1, 0.15) is 16.5 Å². The quantitative estimate of drug-likeness (QED) is 0.647. The van der Waals surface area contributed by atoms with Crippen molar-refractivity contribution in [2.75, 3.05) is 7.11 Å². The standard InChI is InChI=1S/C14H10BrCl2FO/c1-19-13-5-3-9(18)7-11(13)14(17)10-6-8(15)2-4-12(10)16/h2-7,14H,1H3. The maximum atomic E-state index is 13.4. The smallest absolute Gasteiger partial charge is 0.124 e. The van der Waals surface area contributed by atoms with Crippen LogP contribution in [0, 0.1) is 5.82 Å². The molecule has 1 atom stereocenters. The topological polar surface area (TPSA) is 9.23 Å². The van der Waals surface area contributed by atoms with Crippen LogP contribution in [0.4, 0.5) is 4.39 Å². The summed E-state index contributed by atoms with van der Waals surface area (Å²) in [5, 5.41) is -0.0647. The lowest BCUT2D eigenvalue weighted by Gasteiger charge is -2.16. The van der Waals surface area contributed by atoms with E-state index in [9.17, 15) is 4.39 Å². The van der Waals surface area contributed by atoms with Crippen LogP contribution in [0.15, 0.2) is 40.9 Å². The number of hydrogen-bond acceptors (Lipinski definition) is 1. The summed E-state index contributed by atoms with van der Waals surface area (Å²) in [5.74, 6) is 0.157. The highest BCUT2D eigenvalue weighted by atomic mass is 79.9. The van der Waals surface area contributed by atoms with Gasteiger partial charge in [0, 0.05) is 15.1 Å². The van der Waals surface area contributed by atoms with Gasteiger partial charge < -0.3 is 4.74 Å². The lowest BCUT2D eigenvalue weighted by Crippen LogP contribution is -1.99. The van der Waals surface area contributed by atoms with E-state index < -0.39 is 5.38 Å². The van der Waals surface area contributed by atoms with E-state index in [4.69, 9.17) is 27.9 Å². The molecule has 100 valence electrons. The van der Waals surface area contributed by atoms with Gasteiger partial charge in [0.25, 0.3) is 0 Å². The summed E-state index contributed by atoms with van der Waals surface area (Å²) in [6.07, 6.45) is 0.